The van der Waals surface area contributed by atoms with Crippen molar-refractivity contribution < 1.29 is 14.3 Å². The number of benzene rings is 2. The summed E-state index contributed by atoms with van der Waals surface area (Å²) in [5.41, 5.74) is 2.86. The van der Waals surface area contributed by atoms with Gasteiger partial charge in [-0.3, -0.25) is 9.59 Å². The van der Waals surface area contributed by atoms with Gasteiger partial charge in [0.15, 0.2) is 0 Å². The molecule has 0 radical (unpaired) electrons. The molecule has 0 unspecified atom stereocenters. The number of aryl methyl sites for hydroxylation is 1. The molecular formula is C22H25ClN2O3. The van der Waals surface area contributed by atoms with E-state index < -0.39 is 6.04 Å². The lowest BCUT2D eigenvalue weighted by atomic mass is 10.0. The van der Waals surface area contributed by atoms with E-state index in [1.807, 2.05) is 24.3 Å². The zero-order chi connectivity index (χ0) is 20.1. The van der Waals surface area contributed by atoms with Crippen molar-refractivity contribution in [2.24, 2.45) is 0 Å². The third-order valence-corrected chi connectivity index (χ3v) is 5.09. The Bertz CT molecular complexity index is 869. The molecule has 0 aliphatic carbocycles. The molecule has 1 aliphatic rings. The van der Waals surface area contributed by atoms with E-state index in [2.05, 4.69) is 18.3 Å². The smallest absolute Gasteiger partial charge is 0.254 e. The molecule has 28 heavy (non-hydrogen) atoms. The number of ether oxygens (including phenoxy) is 1. The van der Waals surface area contributed by atoms with Gasteiger partial charge >= 0.3 is 0 Å². The monoisotopic (exact) mass is 400 g/mol. The molecule has 0 saturated heterocycles. The van der Waals surface area contributed by atoms with Gasteiger partial charge in [-0.25, -0.2) is 0 Å². The van der Waals surface area contributed by atoms with Crippen molar-refractivity contribution in [1.82, 2.24) is 5.32 Å². The highest BCUT2D eigenvalue weighted by molar-refractivity contribution is 6.32. The second kappa shape index (κ2) is 9.11. The minimum atomic E-state index is -0.644. The van der Waals surface area contributed by atoms with Crippen LogP contribution in [0.2, 0.25) is 5.02 Å². The van der Waals surface area contributed by atoms with Crippen molar-refractivity contribution in [3.05, 3.63) is 58.6 Å². The molecule has 0 aromatic heterocycles. The second-order valence-electron chi connectivity index (χ2n) is 6.90. The highest BCUT2D eigenvalue weighted by Gasteiger charge is 2.37. The molecule has 1 heterocycles. The molecule has 0 spiro atoms. The summed E-state index contributed by atoms with van der Waals surface area (Å²) < 4.78 is 5.74. The lowest BCUT2D eigenvalue weighted by Gasteiger charge is -2.18. The largest absolute Gasteiger partial charge is 0.490 e. The average molecular weight is 401 g/mol. The molecule has 3 rings (SSSR count). The number of hydrogen-bond acceptors (Lipinski definition) is 3. The van der Waals surface area contributed by atoms with Gasteiger partial charge in [-0.05, 0) is 36.6 Å². The molecule has 2 aromatic carbocycles. The number of para-hydroxylation sites is 1. The Labute approximate surface area is 170 Å². The summed E-state index contributed by atoms with van der Waals surface area (Å²) in [6.07, 6.45) is 3.16. The summed E-state index contributed by atoms with van der Waals surface area (Å²) >= 11 is 6.12. The number of unbranched alkanes of at least 4 members (excludes halogenated alkanes) is 1. The maximum atomic E-state index is 13.0. The number of fused-ring (bicyclic) bond motifs is 1. The van der Waals surface area contributed by atoms with Gasteiger partial charge in [0.2, 0.25) is 5.91 Å². The fraction of sp³-hybridized carbons (Fsp3) is 0.364. The molecule has 1 atom stereocenters. The van der Waals surface area contributed by atoms with Crippen LogP contribution in [0.4, 0.5) is 5.69 Å². The predicted octanol–water partition coefficient (Wildman–Crippen LogP) is 4.29. The summed E-state index contributed by atoms with van der Waals surface area (Å²) in [5, 5.41) is 3.32. The molecule has 1 aliphatic heterocycles. The van der Waals surface area contributed by atoms with Crippen molar-refractivity contribution in [3.63, 3.8) is 0 Å². The summed E-state index contributed by atoms with van der Waals surface area (Å²) in [4.78, 5) is 26.3. The zero-order valence-corrected chi connectivity index (χ0v) is 17.0. The fourth-order valence-electron chi connectivity index (χ4n) is 3.41. The van der Waals surface area contributed by atoms with Crippen molar-refractivity contribution in [2.75, 3.05) is 18.1 Å². The Hall–Kier alpha value is -2.53. The van der Waals surface area contributed by atoms with Gasteiger partial charge in [0.05, 0.1) is 11.6 Å². The van der Waals surface area contributed by atoms with Crippen LogP contribution in [0.3, 0.4) is 0 Å². The standard InChI is InChI=1S/C22H25ClN2O3/c1-3-4-7-16-10-11-19-17(14-16)21(24-15(2)26)22(27)25(19)12-13-28-20-9-6-5-8-18(20)23/h5-6,8-11,14,21H,3-4,7,12-13H2,1-2H3,(H,24,26)/t21-/m0/s1. The maximum absolute atomic E-state index is 13.0. The minimum absolute atomic E-state index is 0.138. The van der Waals surface area contributed by atoms with E-state index in [4.69, 9.17) is 16.3 Å². The number of carbonyl (C=O) groups excluding carboxylic acids is 2. The highest BCUT2D eigenvalue weighted by atomic mass is 35.5. The molecule has 2 aromatic rings. The van der Waals surface area contributed by atoms with E-state index in [0.717, 1.165) is 30.5 Å². The highest BCUT2D eigenvalue weighted by Crippen LogP contribution is 2.37. The van der Waals surface area contributed by atoms with Crippen LogP contribution < -0.4 is 15.0 Å². The number of nitrogens with zero attached hydrogens (tertiary/aromatic N) is 1. The number of rotatable bonds is 8. The van der Waals surface area contributed by atoms with E-state index in [-0.39, 0.29) is 11.8 Å². The van der Waals surface area contributed by atoms with Crippen LogP contribution in [-0.2, 0) is 16.0 Å². The van der Waals surface area contributed by atoms with E-state index in [0.29, 0.717) is 23.9 Å². The molecule has 2 amide bonds. The number of nitrogens with one attached hydrogen (secondary N) is 1. The van der Waals surface area contributed by atoms with Crippen LogP contribution in [0.25, 0.3) is 0 Å². The molecule has 5 nitrogen and oxygen atoms in total. The normalized spacial score (nSPS) is 15.5. The molecule has 148 valence electrons. The maximum Gasteiger partial charge on any atom is 0.254 e. The molecular weight excluding hydrogens is 376 g/mol. The first-order valence-electron chi connectivity index (χ1n) is 9.60. The van der Waals surface area contributed by atoms with Crippen molar-refractivity contribution >= 4 is 29.1 Å². The lowest BCUT2D eigenvalue weighted by Crippen LogP contribution is -2.38. The Morgan fingerprint density at radius 3 is 2.75 bits per heavy atom. The van der Waals surface area contributed by atoms with Gasteiger partial charge in [-0.1, -0.05) is 49.2 Å². The van der Waals surface area contributed by atoms with Crippen LogP contribution in [0.15, 0.2) is 42.5 Å². The van der Waals surface area contributed by atoms with Gasteiger partial charge in [0, 0.05) is 18.2 Å². The van der Waals surface area contributed by atoms with Gasteiger partial charge in [-0.15, -0.1) is 0 Å². The Kier molecular flexibility index (Phi) is 6.57. The van der Waals surface area contributed by atoms with E-state index in [9.17, 15) is 9.59 Å². The third kappa shape index (κ3) is 4.47. The predicted molar refractivity (Wildman–Crippen MR) is 111 cm³/mol. The first-order valence-corrected chi connectivity index (χ1v) is 9.97. The minimum Gasteiger partial charge on any atom is -0.490 e. The van der Waals surface area contributed by atoms with E-state index in [1.54, 1.807) is 17.0 Å². The summed E-state index contributed by atoms with van der Waals surface area (Å²) in [5.74, 6) is 0.224. The summed E-state index contributed by atoms with van der Waals surface area (Å²) in [6.45, 7) is 4.26. The van der Waals surface area contributed by atoms with Crippen molar-refractivity contribution in [2.45, 2.75) is 39.2 Å². The van der Waals surface area contributed by atoms with Gasteiger partial charge in [0.25, 0.3) is 5.91 Å². The van der Waals surface area contributed by atoms with Gasteiger partial charge in [-0.2, -0.15) is 0 Å². The average Bonchev–Trinajstić information content (AvgIpc) is 2.92. The molecule has 6 heteroatoms. The SMILES string of the molecule is CCCCc1ccc2c(c1)[C@H](NC(C)=O)C(=O)N2CCOc1ccccc1Cl. The van der Waals surface area contributed by atoms with Crippen molar-refractivity contribution in [1.29, 1.82) is 0 Å². The summed E-state index contributed by atoms with van der Waals surface area (Å²) in [6, 6.07) is 12.7. The van der Waals surface area contributed by atoms with E-state index >= 15 is 0 Å². The number of anilines is 1. The lowest BCUT2D eigenvalue weighted by molar-refractivity contribution is -0.126. The molecule has 0 saturated carbocycles. The third-order valence-electron chi connectivity index (χ3n) is 4.78. The topological polar surface area (TPSA) is 58.6 Å². The van der Waals surface area contributed by atoms with Crippen LogP contribution in [0.5, 0.6) is 5.75 Å². The summed E-state index contributed by atoms with van der Waals surface area (Å²) in [7, 11) is 0. The van der Waals surface area contributed by atoms with Crippen molar-refractivity contribution in [3.8, 4) is 5.75 Å². The van der Waals surface area contributed by atoms with Crippen LogP contribution >= 0.6 is 11.6 Å². The first-order chi connectivity index (χ1) is 13.5. The van der Waals surface area contributed by atoms with Crippen LogP contribution in [0.1, 0.15) is 43.9 Å². The molecule has 0 bridgehead atoms. The number of halogens is 1. The van der Waals surface area contributed by atoms with Gasteiger partial charge < -0.3 is 15.0 Å². The molecule has 0 fully saturated rings. The van der Waals surface area contributed by atoms with Crippen LogP contribution in [-0.4, -0.2) is 25.0 Å². The number of hydrogen-bond donors (Lipinski definition) is 1. The Morgan fingerprint density at radius 2 is 2.04 bits per heavy atom. The zero-order valence-electron chi connectivity index (χ0n) is 16.2. The first kappa shape index (κ1) is 20.2. The quantitative estimate of drug-likeness (QED) is 0.719. The Balaban J connectivity index is 1.77. The Morgan fingerprint density at radius 1 is 1.25 bits per heavy atom. The van der Waals surface area contributed by atoms with E-state index in [1.165, 1.54) is 12.5 Å². The number of amides is 2. The van der Waals surface area contributed by atoms with Crippen LogP contribution in [0, 0.1) is 0 Å². The van der Waals surface area contributed by atoms with Gasteiger partial charge in [0.1, 0.15) is 18.4 Å². The fourth-order valence-corrected chi connectivity index (χ4v) is 3.60. The number of carbonyl (C=O) groups is 2. The second-order valence-corrected chi connectivity index (χ2v) is 7.31. The molecule has 1 N–H and O–H groups in total.